The van der Waals surface area contributed by atoms with Gasteiger partial charge in [0.15, 0.2) is 5.78 Å². The molecular weight excluding hydrogens is 267 g/mol. The zero-order chi connectivity index (χ0) is 14.6. The third-order valence-electron chi connectivity index (χ3n) is 4.77. The number of nitrogens with one attached hydrogen (secondary N) is 1. The summed E-state index contributed by atoms with van der Waals surface area (Å²) >= 11 is 0. The van der Waals surface area contributed by atoms with E-state index >= 15 is 0 Å². The van der Waals surface area contributed by atoms with Crippen molar-refractivity contribution in [2.24, 2.45) is 5.92 Å². The molecule has 5 rings (SSSR count). The Hall–Kier alpha value is -1.94. The van der Waals surface area contributed by atoms with E-state index in [-0.39, 0.29) is 17.5 Å². The molecule has 1 unspecified atom stereocenters. The number of aromatic amines is 1. The fraction of sp³-hybridized carbons (Fsp3) is 0.353. The van der Waals surface area contributed by atoms with E-state index in [4.69, 9.17) is 0 Å². The Kier molecular flexibility index (Phi) is 2.76. The molecule has 1 aromatic heterocycles. The molecule has 0 amide bonds. The second kappa shape index (κ2) is 4.53. The van der Waals surface area contributed by atoms with E-state index in [1.54, 1.807) is 6.07 Å². The summed E-state index contributed by atoms with van der Waals surface area (Å²) in [5.41, 5.74) is 3.62. The number of rotatable bonds is 0. The summed E-state index contributed by atoms with van der Waals surface area (Å²) in [5, 5.41) is 0.967. The number of nitrogens with zero attached hydrogens (tertiary/aromatic N) is 1. The van der Waals surface area contributed by atoms with Gasteiger partial charge in [0.1, 0.15) is 5.82 Å². The summed E-state index contributed by atoms with van der Waals surface area (Å²) in [4.78, 5) is 18.4. The van der Waals surface area contributed by atoms with Crippen LogP contribution in [-0.2, 0) is 6.54 Å². The molecule has 1 fully saturated rings. The molecule has 4 heterocycles. The lowest BCUT2D eigenvalue weighted by Gasteiger charge is -2.36. The Morgan fingerprint density at radius 3 is 3.05 bits per heavy atom. The van der Waals surface area contributed by atoms with Gasteiger partial charge in [0.2, 0.25) is 0 Å². The number of carbonyl (C=O) groups excluding carboxylic acids is 1. The van der Waals surface area contributed by atoms with E-state index in [2.05, 4.69) is 16.0 Å². The van der Waals surface area contributed by atoms with Crippen molar-refractivity contribution in [3.05, 3.63) is 46.9 Å². The van der Waals surface area contributed by atoms with E-state index < -0.39 is 0 Å². The fourth-order valence-corrected chi connectivity index (χ4v) is 3.67. The van der Waals surface area contributed by atoms with Crippen LogP contribution >= 0.6 is 0 Å². The average molecular weight is 284 g/mol. The van der Waals surface area contributed by atoms with Crippen LogP contribution in [0.15, 0.2) is 29.8 Å². The normalized spacial score (nSPS) is 27.0. The first-order valence-electron chi connectivity index (χ1n) is 7.39. The first-order chi connectivity index (χ1) is 10.2. The van der Waals surface area contributed by atoms with Crippen molar-refractivity contribution in [2.45, 2.75) is 19.9 Å². The highest BCUT2D eigenvalue weighted by Crippen LogP contribution is 2.35. The first kappa shape index (κ1) is 12.8. The largest absolute Gasteiger partial charge is 0.352 e. The number of hydrogen-bond donors (Lipinski definition) is 1. The van der Waals surface area contributed by atoms with Crippen LogP contribution in [0.4, 0.5) is 4.39 Å². The van der Waals surface area contributed by atoms with Crippen molar-refractivity contribution in [1.82, 2.24) is 9.88 Å². The van der Waals surface area contributed by atoms with E-state index in [0.717, 1.165) is 42.5 Å². The quantitative estimate of drug-likeness (QED) is 0.754. The molecule has 0 saturated carbocycles. The number of ketones is 1. The molecule has 1 N–H and O–H groups in total. The SMILES string of the molecule is C/C=C1/CN2CC[C@H]1C(=O)c1[nH]c3cc(F)ccc3c1C2. The summed E-state index contributed by atoms with van der Waals surface area (Å²) in [6.45, 7) is 4.56. The van der Waals surface area contributed by atoms with Crippen LogP contribution in [0.1, 0.15) is 29.4 Å². The maximum absolute atomic E-state index is 13.4. The molecule has 3 aliphatic heterocycles. The number of allylic oxidation sites excluding steroid dienone is 1. The van der Waals surface area contributed by atoms with Crippen LogP contribution in [0.25, 0.3) is 10.9 Å². The van der Waals surface area contributed by atoms with Gasteiger partial charge >= 0.3 is 0 Å². The average Bonchev–Trinajstić information content (AvgIpc) is 2.82. The Labute approximate surface area is 122 Å². The number of H-pyrrole nitrogens is 1. The number of carbonyl (C=O) groups is 1. The number of piperidine rings is 1. The van der Waals surface area contributed by atoms with Crippen LogP contribution in [0.5, 0.6) is 0 Å². The molecule has 1 aromatic carbocycles. The summed E-state index contributed by atoms with van der Waals surface area (Å²) in [7, 11) is 0. The third kappa shape index (κ3) is 1.86. The number of hydrogen-bond acceptors (Lipinski definition) is 2. The van der Waals surface area contributed by atoms with Crippen LogP contribution < -0.4 is 0 Å². The van der Waals surface area contributed by atoms with Gasteiger partial charge in [0, 0.05) is 35.5 Å². The minimum absolute atomic E-state index is 0.0248. The van der Waals surface area contributed by atoms with Gasteiger partial charge in [-0.25, -0.2) is 4.39 Å². The smallest absolute Gasteiger partial charge is 0.186 e. The molecule has 1 saturated heterocycles. The highest BCUT2D eigenvalue weighted by atomic mass is 19.1. The monoisotopic (exact) mass is 284 g/mol. The third-order valence-corrected chi connectivity index (χ3v) is 4.77. The molecule has 0 aliphatic carbocycles. The summed E-state index contributed by atoms with van der Waals surface area (Å²) < 4.78 is 13.4. The highest BCUT2D eigenvalue weighted by Gasteiger charge is 2.35. The van der Waals surface area contributed by atoms with Gasteiger partial charge in [-0.05, 0) is 43.7 Å². The molecular formula is C17H17FN2O. The second-order valence-corrected chi connectivity index (χ2v) is 5.95. The maximum Gasteiger partial charge on any atom is 0.186 e. The number of halogens is 1. The van der Waals surface area contributed by atoms with Gasteiger partial charge < -0.3 is 4.98 Å². The Bertz CT molecular complexity index is 774. The van der Waals surface area contributed by atoms with E-state index in [0.29, 0.717) is 5.69 Å². The molecule has 0 radical (unpaired) electrons. The predicted octanol–water partition coefficient (Wildman–Crippen LogP) is 3.27. The predicted molar refractivity (Wildman–Crippen MR) is 79.7 cm³/mol. The maximum atomic E-state index is 13.4. The molecule has 2 bridgehead atoms. The van der Waals surface area contributed by atoms with Crippen molar-refractivity contribution >= 4 is 16.7 Å². The molecule has 3 nitrogen and oxygen atoms in total. The minimum Gasteiger partial charge on any atom is -0.352 e. The zero-order valence-electron chi connectivity index (χ0n) is 11.9. The number of benzene rings is 1. The Morgan fingerprint density at radius 2 is 2.24 bits per heavy atom. The number of aromatic nitrogens is 1. The fourth-order valence-electron chi connectivity index (χ4n) is 3.67. The summed E-state index contributed by atoms with van der Waals surface area (Å²) in [5.74, 6) is -0.140. The van der Waals surface area contributed by atoms with Crippen LogP contribution in [0.2, 0.25) is 0 Å². The van der Waals surface area contributed by atoms with Gasteiger partial charge in [-0.2, -0.15) is 0 Å². The van der Waals surface area contributed by atoms with Crippen molar-refractivity contribution in [3.63, 3.8) is 0 Å². The Morgan fingerprint density at radius 1 is 1.38 bits per heavy atom. The lowest BCUT2D eigenvalue weighted by Crippen LogP contribution is -2.40. The van der Waals surface area contributed by atoms with Crippen molar-refractivity contribution in [1.29, 1.82) is 0 Å². The van der Waals surface area contributed by atoms with Gasteiger partial charge in [0.05, 0.1) is 5.69 Å². The summed E-state index contributed by atoms with van der Waals surface area (Å²) in [6.07, 6.45) is 2.95. The molecule has 0 spiro atoms. The van der Waals surface area contributed by atoms with Gasteiger partial charge in [-0.1, -0.05) is 6.08 Å². The number of fused-ring (bicyclic) bond motifs is 3. The van der Waals surface area contributed by atoms with Gasteiger partial charge in [0.25, 0.3) is 0 Å². The minimum atomic E-state index is -0.276. The number of Topliss-reactive ketones (excluding diaryl/α,β-unsaturated/α-hetero) is 1. The lowest BCUT2D eigenvalue weighted by atomic mass is 9.83. The van der Waals surface area contributed by atoms with Crippen molar-refractivity contribution in [3.8, 4) is 0 Å². The molecule has 4 heteroatoms. The van der Waals surface area contributed by atoms with E-state index in [9.17, 15) is 9.18 Å². The molecule has 3 aliphatic rings. The molecule has 21 heavy (non-hydrogen) atoms. The van der Waals surface area contributed by atoms with E-state index in [1.165, 1.54) is 17.7 Å². The lowest BCUT2D eigenvalue weighted by molar-refractivity contribution is 0.0875. The second-order valence-electron chi connectivity index (χ2n) is 5.95. The Balaban J connectivity index is 1.94. The van der Waals surface area contributed by atoms with Crippen LogP contribution in [0.3, 0.4) is 0 Å². The van der Waals surface area contributed by atoms with Crippen LogP contribution in [0, 0.1) is 11.7 Å². The van der Waals surface area contributed by atoms with Crippen molar-refractivity contribution in [2.75, 3.05) is 13.1 Å². The standard InChI is InChI=1S/C17H17FN2O/c1-2-10-8-20-6-5-12(10)17(21)16-14(9-20)13-4-3-11(18)7-15(13)19-16/h2-4,7,12,19H,5-6,8-9H2,1H3/b10-2-/t12-/m1/s1. The topological polar surface area (TPSA) is 36.1 Å². The summed E-state index contributed by atoms with van der Waals surface area (Å²) in [6, 6.07) is 4.71. The van der Waals surface area contributed by atoms with Gasteiger partial charge in [-0.15, -0.1) is 0 Å². The zero-order valence-corrected chi connectivity index (χ0v) is 11.9. The highest BCUT2D eigenvalue weighted by molar-refractivity contribution is 6.05. The van der Waals surface area contributed by atoms with Gasteiger partial charge in [-0.3, -0.25) is 9.69 Å². The molecule has 2 aromatic rings. The molecule has 108 valence electrons. The van der Waals surface area contributed by atoms with Crippen molar-refractivity contribution < 1.29 is 9.18 Å². The van der Waals surface area contributed by atoms with Crippen LogP contribution in [-0.4, -0.2) is 28.8 Å². The molecule has 2 atom stereocenters. The first-order valence-corrected chi connectivity index (χ1v) is 7.39. The van der Waals surface area contributed by atoms with E-state index in [1.807, 2.05) is 6.92 Å².